The normalized spacial score (nSPS) is 12.0. The van der Waals surface area contributed by atoms with Gasteiger partial charge in [-0.05, 0) is 18.1 Å². The molecule has 0 aliphatic carbocycles. The molecule has 0 spiro atoms. The van der Waals surface area contributed by atoms with Crippen molar-refractivity contribution in [1.29, 1.82) is 0 Å². The van der Waals surface area contributed by atoms with Crippen molar-refractivity contribution in [2.75, 3.05) is 0 Å². The summed E-state index contributed by atoms with van der Waals surface area (Å²) in [4.78, 5) is 0. The van der Waals surface area contributed by atoms with Crippen LogP contribution in [-0.2, 0) is 0 Å². The average molecular weight is 187 g/mol. The first kappa shape index (κ1) is 12.2. The van der Waals surface area contributed by atoms with Crippen LogP contribution in [0.3, 0.4) is 0 Å². The Morgan fingerprint density at radius 1 is 0.833 bits per heavy atom. The van der Waals surface area contributed by atoms with Gasteiger partial charge in [-0.15, -0.1) is 0 Å². The third-order valence-corrected chi connectivity index (χ3v) is 6.86. The molecule has 0 saturated carbocycles. The molecule has 0 aromatic rings. The minimum absolute atomic E-state index is 1.27. The summed E-state index contributed by atoms with van der Waals surface area (Å²) >= 11 is 0. The molecule has 12 heavy (non-hydrogen) atoms. The number of hydrogen-bond acceptors (Lipinski definition) is 1. The number of rotatable bonds is 7. The number of hydrogen-bond donors (Lipinski definition) is 1. The first-order valence-corrected chi connectivity index (χ1v) is 8.17. The zero-order chi connectivity index (χ0) is 9.45. The lowest BCUT2D eigenvalue weighted by atomic mass is 10.4. The zero-order valence-corrected chi connectivity index (χ0v) is 10.0. The summed E-state index contributed by atoms with van der Waals surface area (Å²) in [5.74, 6) is 0. The molecule has 74 valence electrons. The fourth-order valence-corrected chi connectivity index (χ4v) is 5.70. The molecule has 0 aliphatic heterocycles. The van der Waals surface area contributed by atoms with Crippen LogP contribution < -0.4 is 5.40 Å². The smallest absolute Gasteiger partial charge is 0.123 e. The van der Waals surface area contributed by atoms with Gasteiger partial charge in [0.05, 0.1) is 0 Å². The Bertz CT molecular complexity index is 98.0. The maximum absolute atomic E-state index is 6.44. The predicted octanol–water partition coefficient (Wildman–Crippen LogP) is 3.51. The van der Waals surface area contributed by atoms with E-state index in [9.17, 15) is 0 Å². The summed E-state index contributed by atoms with van der Waals surface area (Å²) in [5, 5.41) is 6.44. The van der Waals surface area contributed by atoms with E-state index in [4.69, 9.17) is 5.40 Å². The van der Waals surface area contributed by atoms with Crippen LogP contribution in [-0.4, -0.2) is 8.24 Å². The van der Waals surface area contributed by atoms with Gasteiger partial charge in [0.15, 0.2) is 0 Å². The van der Waals surface area contributed by atoms with E-state index < -0.39 is 8.24 Å². The quantitative estimate of drug-likeness (QED) is 0.606. The molecule has 0 saturated heterocycles. The van der Waals surface area contributed by atoms with E-state index in [2.05, 4.69) is 20.8 Å². The van der Waals surface area contributed by atoms with Crippen LogP contribution in [0.4, 0.5) is 0 Å². The van der Waals surface area contributed by atoms with Crippen molar-refractivity contribution in [3.8, 4) is 0 Å². The van der Waals surface area contributed by atoms with E-state index in [0.29, 0.717) is 0 Å². The SMILES string of the molecule is CCCC[Si](N)(CCC)CCC. The van der Waals surface area contributed by atoms with Gasteiger partial charge in [0.2, 0.25) is 0 Å². The number of nitrogens with two attached hydrogens (primary N) is 1. The molecule has 0 atom stereocenters. The molecule has 0 amide bonds. The zero-order valence-electron chi connectivity index (χ0n) is 9.03. The van der Waals surface area contributed by atoms with Gasteiger partial charge in [0, 0.05) is 0 Å². The second-order valence-corrected chi connectivity index (χ2v) is 8.19. The Morgan fingerprint density at radius 3 is 1.67 bits per heavy atom. The van der Waals surface area contributed by atoms with Gasteiger partial charge in [0.25, 0.3) is 0 Å². The summed E-state index contributed by atoms with van der Waals surface area (Å²) in [5.41, 5.74) is 0. The topological polar surface area (TPSA) is 26.0 Å². The second-order valence-electron chi connectivity index (χ2n) is 3.97. The highest BCUT2D eigenvalue weighted by molar-refractivity contribution is 6.76. The van der Waals surface area contributed by atoms with Crippen molar-refractivity contribution in [2.24, 2.45) is 5.40 Å². The molecule has 2 heteroatoms. The Hall–Kier alpha value is 0.177. The highest BCUT2D eigenvalue weighted by Crippen LogP contribution is 2.21. The van der Waals surface area contributed by atoms with Gasteiger partial charge in [-0.2, -0.15) is 0 Å². The van der Waals surface area contributed by atoms with Crippen molar-refractivity contribution in [1.82, 2.24) is 0 Å². The molecule has 1 nitrogen and oxygen atoms in total. The van der Waals surface area contributed by atoms with Gasteiger partial charge in [0.1, 0.15) is 8.24 Å². The largest absolute Gasteiger partial charge is 0.351 e. The van der Waals surface area contributed by atoms with E-state index in [0.717, 1.165) is 0 Å². The molecule has 2 N–H and O–H groups in total. The minimum atomic E-state index is -1.27. The van der Waals surface area contributed by atoms with Crippen LogP contribution in [0.25, 0.3) is 0 Å². The fourth-order valence-electron chi connectivity index (χ4n) is 1.90. The summed E-state index contributed by atoms with van der Waals surface area (Å²) in [6.07, 6.45) is 5.22. The molecule has 0 rings (SSSR count). The highest BCUT2D eigenvalue weighted by atomic mass is 28.3. The van der Waals surface area contributed by atoms with E-state index in [1.54, 1.807) is 0 Å². The lowest BCUT2D eigenvalue weighted by Crippen LogP contribution is -2.44. The summed E-state index contributed by atoms with van der Waals surface area (Å²) in [6.45, 7) is 6.78. The Balaban J connectivity index is 3.80. The first-order chi connectivity index (χ1) is 5.68. The summed E-state index contributed by atoms with van der Waals surface area (Å²) in [6, 6.07) is 4.02. The summed E-state index contributed by atoms with van der Waals surface area (Å²) < 4.78 is 0. The Labute approximate surface area is 78.8 Å². The molecule has 0 bridgehead atoms. The third-order valence-electron chi connectivity index (χ3n) is 2.52. The molecule has 0 unspecified atom stereocenters. The van der Waals surface area contributed by atoms with Crippen molar-refractivity contribution in [3.63, 3.8) is 0 Å². The molecule has 0 fully saturated rings. The Kier molecular flexibility index (Phi) is 6.77. The molecule has 0 heterocycles. The van der Waals surface area contributed by atoms with Gasteiger partial charge in [-0.25, -0.2) is 0 Å². The van der Waals surface area contributed by atoms with E-state index in [1.165, 1.54) is 43.8 Å². The van der Waals surface area contributed by atoms with Crippen molar-refractivity contribution in [3.05, 3.63) is 0 Å². The highest BCUT2D eigenvalue weighted by Gasteiger charge is 2.24. The Morgan fingerprint density at radius 2 is 1.33 bits per heavy atom. The predicted molar refractivity (Wildman–Crippen MR) is 59.9 cm³/mol. The lowest BCUT2D eigenvalue weighted by molar-refractivity contribution is 0.836. The van der Waals surface area contributed by atoms with Crippen LogP contribution in [0.5, 0.6) is 0 Å². The summed E-state index contributed by atoms with van der Waals surface area (Å²) in [7, 11) is -1.27. The lowest BCUT2D eigenvalue weighted by Gasteiger charge is -2.25. The van der Waals surface area contributed by atoms with Gasteiger partial charge in [-0.3, -0.25) is 0 Å². The molecular formula is C10H25NSi. The van der Waals surface area contributed by atoms with Crippen molar-refractivity contribution in [2.45, 2.75) is 64.6 Å². The monoisotopic (exact) mass is 187 g/mol. The maximum atomic E-state index is 6.44. The van der Waals surface area contributed by atoms with Crippen molar-refractivity contribution >= 4 is 8.24 Å². The van der Waals surface area contributed by atoms with Gasteiger partial charge >= 0.3 is 0 Å². The molecule has 0 radical (unpaired) electrons. The standard InChI is InChI=1S/C10H25NSi/c1-4-7-10-12(11,8-5-2)9-6-3/h4-11H2,1-3H3. The number of unbranched alkanes of at least 4 members (excludes halogenated alkanes) is 1. The average Bonchev–Trinajstić information content (AvgIpc) is 2.02. The van der Waals surface area contributed by atoms with E-state index >= 15 is 0 Å². The van der Waals surface area contributed by atoms with Crippen LogP contribution >= 0.6 is 0 Å². The van der Waals surface area contributed by atoms with Crippen LogP contribution in [0.2, 0.25) is 18.1 Å². The minimum Gasteiger partial charge on any atom is -0.351 e. The van der Waals surface area contributed by atoms with Gasteiger partial charge < -0.3 is 5.40 Å². The molecular weight excluding hydrogens is 162 g/mol. The second kappa shape index (κ2) is 6.67. The molecule has 0 aliphatic rings. The third kappa shape index (κ3) is 4.94. The van der Waals surface area contributed by atoms with E-state index in [-0.39, 0.29) is 0 Å². The van der Waals surface area contributed by atoms with Crippen LogP contribution in [0.1, 0.15) is 46.5 Å². The van der Waals surface area contributed by atoms with Crippen LogP contribution in [0.15, 0.2) is 0 Å². The first-order valence-electron chi connectivity index (χ1n) is 5.47. The molecule has 0 aromatic heterocycles. The fraction of sp³-hybridized carbons (Fsp3) is 1.00. The maximum Gasteiger partial charge on any atom is 0.123 e. The van der Waals surface area contributed by atoms with Gasteiger partial charge in [-0.1, -0.05) is 46.5 Å². The van der Waals surface area contributed by atoms with Crippen LogP contribution in [0, 0.1) is 0 Å². The van der Waals surface area contributed by atoms with Crippen molar-refractivity contribution < 1.29 is 0 Å². The molecule has 0 aromatic carbocycles. The van der Waals surface area contributed by atoms with E-state index in [1.807, 2.05) is 0 Å².